The van der Waals surface area contributed by atoms with Gasteiger partial charge in [0.15, 0.2) is 18.2 Å². The molecule has 0 fully saturated rings. The van der Waals surface area contributed by atoms with Crippen LogP contribution in [0, 0.1) is 11.8 Å². The van der Waals surface area contributed by atoms with Gasteiger partial charge in [0.1, 0.15) is 5.76 Å². The highest BCUT2D eigenvalue weighted by molar-refractivity contribution is 5.88. The first-order valence-electron chi connectivity index (χ1n) is 7.34. The van der Waals surface area contributed by atoms with E-state index in [1.54, 1.807) is 6.92 Å². The third-order valence-corrected chi connectivity index (χ3v) is 3.10. The molecule has 116 valence electrons. The Morgan fingerprint density at radius 3 is 2.62 bits per heavy atom. The molecule has 0 aliphatic carbocycles. The molecule has 1 atom stereocenters. The number of aromatic nitrogens is 1. The van der Waals surface area contributed by atoms with Crippen LogP contribution in [0.15, 0.2) is 10.8 Å². The van der Waals surface area contributed by atoms with Crippen LogP contribution >= 0.6 is 0 Å². The lowest BCUT2D eigenvalue weighted by Crippen LogP contribution is -2.23. The van der Waals surface area contributed by atoms with Crippen molar-refractivity contribution in [2.24, 2.45) is 0 Å². The lowest BCUT2D eigenvalue weighted by molar-refractivity contribution is 0.0429. The van der Waals surface area contributed by atoms with Gasteiger partial charge in [0.05, 0.1) is 6.54 Å². The molecule has 0 aliphatic rings. The summed E-state index contributed by atoms with van der Waals surface area (Å²) >= 11 is 0. The number of oxazole rings is 1. The number of carbonyl (C=O) groups excluding carboxylic acids is 1. The predicted molar refractivity (Wildman–Crippen MR) is 81.0 cm³/mol. The summed E-state index contributed by atoms with van der Waals surface area (Å²) in [6.45, 7) is 12.4. The Morgan fingerprint density at radius 2 is 2.05 bits per heavy atom. The van der Waals surface area contributed by atoms with Crippen molar-refractivity contribution in [3.05, 3.63) is 17.8 Å². The van der Waals surface area contributed by atoms with Crippen molar-refractivity contribution >= 4 is 5.97 Å². The van der Waals surface area contributed by atoms with E-state index in [1.807, 2.05) is 13.8 Å². The lowest BCUT2D eigenvalue weighted by atomic mass is 10.1. The molecule has 5 heteroatoms. The largest absolute Gasteiger partial charge is 0.447 e. The highest BCUT2D eigenvalue weighted by Gasteiger charge is 2.21. The third kappa shape index (κ3) is 5.24. The van der Waals surface area contributed by atoms with E-state index in [4.69, 9.17) is 9.15 Å². The second-order valence-electron chi connectivity index (χ2n) is 5.05. The summed E-state index contributed by atoms with van der Waals surface area (Å²) in [5.41, 5.74) is 0.238. The summed E-state index contributed by atoms with van der Waals surface area (Å²) in [6.07, 6.45) is 0.799. The Bertz CT molecular complexity index is 507. The van der Waals surface area contributed by atoms with E-state index in [1.165, 1.54) is 6.39 Å². The number of carbonyl (C=O) groups is 1. The quantitative estimate of drug-likeness (QED) is 0.596. The third-order valence-electron chi connectivity index (χ3n) is 3.10. The monoisotopic (exact) mass is 292 g/mol. The SMILES string of the molecule is CCN(CC)CC#C[C@H](C)OC(=O)c1ncoc1C(C)C. The van der Waals surface area contributed by atoms with E-state index in [-0.39, 0.29) is 11.6 Å². The summed E-state index contributed by atoms with van der Waals surface area (Å²) in [4.78, 5) is 18.1. The van der Waals surface area contributed by atoms with Crippen LogP contribution in [0.5, 0.6) is 0 Å². The predicted octanol–water partition coefficient (Wildman–Crippen LogP) is 2.69. The molecule has 1 rings (SSSR count). The zero-order valence-corrected chi connectivity index (χ0v) is 13.5. The van der Waals surface area contributed by atoms with E-state index in [0.29, 0.717) is 12.3 Å². The van der Waals surface area contributed by atoms with Crippen molar-refractivity contribution in [3.63, 3.8) is 0 Å². The zero-order valence-electron chi connectivity index (χ0n) is 13.5. The summed E-state index contributed by atoms with van der Waals surface area (Å²) in [5.74, 6) is 6.10. The molecule has 1 aromatic rings. The Kier molecular flexibility index (Phi) is 6.97. The fraction of sp³-hybridized carbons (Fsp3) is 0.625. The normalized spacial score (nSPS) is 12.1. The van der Waals surface area contributed by atoms with Gasteiger partial charge in [-0.05, 0) is 20.0 Å². The van der Waals surface area contributed by atoms with Crippen molar-refractivity contribution in [2.75, 3.05) is 19.6 Å². The first kappa shape index (κ1) is 17.3. The topological polar surface area (TPSA) is 55.6 Å². The fourth-order valence-electron chi connectivity index (χ4n) is 1.81. The van der Waals surface area contributed by atoms with Gasteiger partial charge < -0.3 is 9.15 Å². The Morgan fingerprint density at radius 1 is 1.38 bits per heavy atom. The van der Waals surface area contributed by atoms with Gasteiger partial charge >= 0.3 is 5.97 Å². The molecule has 21 heavy (non-hydrogen) atoms. The first-order chi connectivity index (χ1) is 9.99. The fourth-order valence-corrected chi connectivity index (χ4v) is 1.81. The summed E-state index contributed by atoms with van der Waals surface area (Å²) in [7, 11) is 0. The van der Waals surface area contributed by atoms with Gasteiger partial charge in [0, 0.05) is 5.92 Å². The van der Waals surface area contributed by atoms with Gasteiger partial charge in [-0.2, -0.15) is 0 Å². The van der Waals surface area contributed by atoms with Gasteiger partial charge in [-0.25, -0.2) is 9.78 Å². The molecular weight excluding hydrogens is 268 g/mol. The minimum Gasteiger partial charge on any atom is -0.447 e. The van der Waals surface area contributed by atoms with E-state index in [9.17, 15) is 4.79 Å². The van der Waals surface area contributed by atoms with Crippen LogP contribution in [-0.4, -0.2) is 41.6 Å². The van der Waals surface area contributed by atoms with Crippen LogP contribution in [0.2, 0.25) is 0 Å². The number of esters is 1. The Hall–Kier alpha value is -1.80. The molecule has 0 N–H and O–H groups in total. The van der Waals surface area contributed by atoms with Crippen LogP contribution in [0.4, 0.5) is 0 Å². The van der Waals surface area contributed by atoms with Crippen LogP contribution in [0.1, 0.15) is 56.8 Å². The van der Waals surface area contributed by atoms with Gasteiger partial charge in [-0.3, -0.25) is 4.90 Å². The molecule has 1 aromatic heterocycles. The molecule has 0 saturated heterocycles. The van der Waals surface area contributed by atoms with Gasteiger partial charge in [0.2, 0.25) is 0 Å². The molecule has 0 amide bonds. The number of nitrogens with zero attached hydrogens (tertiary/aromatic N) is 2. The molecule has 0 saturated carbocycles. The molecule has 1 heterocycles. The molecule has 0 aliphatic heterocycles. The first-order valence-corrected chi connectivity index (χ1v) is 7.34. The van der Waals surface area contributed by atoms with E-state index in [2.05, 4.69) is 35.6 Å². The van der Waals surface area contributed by atoms with Crippen LogP contribution in [0.3, 0.4) is 0 Å². The minimum absolute atomic E-state index is 0.0825. The summed E-state index contributed by atoms with van der Waals surface area (Å²) in [6, 6.07) is 0. The molecule has 0 radical (unpaired) electrons. The van der Waals surface area contributed by atoms with E-state index < -0.39 is 12.1 Å². The van der Waals surface area contributed by atoms with E-state index >= 15 is 0 Å². The molecular formula is C16H24N2O3. The van der Waals surface area contributed by atoms with Crippen molar-refractivity contribution in [3.8, 4) is 11.8 Å². The van der Waals surface area contributed by atoms with Gasteiger partial charge in [-0.1, -0.05) is 39.5 Å². The highest BCUT2D eigenvalue weighted by Crippen LogP contribution is 2.19. The Balaban J connectivity index is 2.58. The summed E-state index contributed by atoms with van der Waals surface area (Å²) in [5, 5.41) is 0. The molecule has 0 spiro atoms. The van der Waals surface area contributed by atoms with Crippen molar-refractivity contribution in [2.45, 2.75) is 46.6 Å². The molecule has 0 unspecified atom stereocenters. The lowest BCUT2D eigenvalue weighted by Gasteiger charge is -2.13. The van der Waals surface area contributed by atoms with Crippen molar-refractivity contribution in [1.29, 1.82) is 0 Å². The average molecular weight is 292 g/mol. The minimum atomic E-state index is -0.489. The smallest absolute Gasteiger partial charge is 0.361 e. The maximum Gasteiger partial charge on any atom is 0.361 e. The van der Waals surface area contributed by atoms with E-state index in [0.717, 1.165) is 13.1 Å². The zero-order chi connectivity index (χ0) is 15.8. The number of hydrogen-bond donors (Lipinski definition) is 0. The number of ether oxygens (including phenoxy) is 1. The van der Waals surface area contributed by atoms with Crippen molar-refractivity contribution in [1.82, 2.24) is 9.88 Å². The maximum absolute atomic E-state index is 12.0. The van der Waals surface area contributed by atoms with Crippen LogP contribution in [0.25, 0.3) is 0 Å². The standard InChI is InChI=1S/C16H24N2O3/c1-6-18(7-2)10-8-9-13(5)21-16(19)14-15(12(3)4)20-11-17-14/h11-13H,6-7,10H2,1-5H3/t13-/m0/s1. The molecule has 5 nitrogen and oxygen atoms in total. The number of rotatable bonds is 6. The second-order valence-corrected chi connectivity index (χ2v) is 5.05. The summed E-state index contributed by atoms with van der Waals surface area (Å²) < 4.78 is 10.5. The molecule has 0 aromatic carbocycles. The van der Waals surface area contributed by atoms with Gasteiger partial charge in [-0.15, -0.1) is 0 Å². The van der Waals surface area contributed by atoms with Gasteiger partial charge in [0.25, 0.3) is 0 Å². The van der Waals surface area contributed by atoms with Crippen molar-refractivity contribution < 1.29 is 13.9 Å². The van der Waals surface area contributed by atoms with Crippen LogP contribution < -0.4 is 0 Å². The highest BCUT2D eigenvalue weighted by atomic mass is 16.5. The Labute approximate surface area is 126 Å². The average Bonchev–Trinajstić information content (AvgIpc) is 2.93. The van der Waals surface area contributed by atoms with Crippen LogP contribution in [-0.2, 0) is 4.74 Å². The molecule has 0 bridgehead atoms. The number of hydrogen-bond acceptors (Lipinski definition) is 5. The second kappa shape index (κ2) is 8.48. The maximum atomic E-state index is 12.0.